The minimum atomic E-state index is -1.11. The number of benzene rings is 2. The molecular weight excluding hydrogens is 635 g/mol. The van der Waals surface area contributed by atoms with Gasteiger partial charge >= 0.3 is 12.2 Å². The van der Waals surface area contributed by atoms with E-state index < -0.39 is 46.4 Å². The van der Waals surface area contributed by atoms with Crippen LogP contribution >= 0.6 is 22.9 Å². The normalized spacial score (nSPS) is 14.3. The molecule has 11 nitrogen and oxygen atoms in total. The highest BCUT2D eigenvalue weighted by molar-refractivity contribution is 7.22. The number of anilines is 1. The lowest BCUT2D eigenvalue weighted by Gasteiger charge is -2.39. The summed E-state index contributed by atoms with van der Waals surface area (Å²) >= 11 is 7.36. The number of thiazole rings is 1. The molecule has 0 unspecified atom stereocenters. The molecule has 0 radical (unpaired) electrons. The van der Waals surface area contributed by atoms with Crippen molar-refractivity contribution in [3.63, 3.8) is 0 Å². The maximum atomic E-state index is 16.4. The van der Waals surface area contributed by atoms with Crippen LogP contribution < -0.4 is 5.32 Å². The molecule has 0 saturated carbocycles. The molecule has 6 rings (SSSR count). The highest BCUT2D eigenvalue weighted by atomic mass is 35.5. The van der Waals surface area contributed by atoms with Gasteiger partial charge in [-0.1, -0.05) is 28.2 Å². The smallest absolute Gasteiger partial charge is 0.413 e. The van der Waals surface area contributed by atoms with Gasteiger partial charge in [-0.3, -0.25) is 10.3 Å². The summed E-state index contributed by atoms with van der Waals surface area (Å²) in [5.41, 5.74) is -1.87. The summed E-state index contributed by atoms with van der Waals surface area (Å²) in [5, 5.41) is 10.7. The number of fused-ring (bicyclic) bond motifs is 4. The van der Waals surface area contributed by atoms with Gasteiger partial charge in [0.2, 0.25) is 0 Å². The second kappa shape index (κ2) is 10.7. The number of halogens is 4. The predicted molar refractivity (Wildman–Crippen MR) is 163 cm³/mol. The molecule has 0 bridgehead atoms. The van der Waals surface area contributed by atoms with Crippen LogP contribution in [0.5, 0.6) is 0 Å². The van der Waals surface area contributed by atoms with E-state index in [1.165, 1.54) is 17.2 Å². The fourth-order valence-corrected chi connectivity index (χ4v) is 6.11. The Labute approximate surface area is 263 Å². The number of amides is 2. The maximum absolute atomic E-state index is 16.4. The van der Waals surface area contributed by atoms with Crippen LogP contribution in [-0.2, 0) is 9.47 Å². The van der Waals surface area contributed by atoms with Gasteiger partial charge in [0.25, 0.3) is 0 Å². The van der Waals surface area contributed by atoms with E-state index >= 15 is 8.78 Å². The lowest BCUT2D eigenvalue weighted by molar-refractivity contribution is -0.0000650. The standard InChI is InChI=1S/C29H27ClF3N7O4S/c1-28(2,3)43-26(41)36-25-35-22-19(15(31)8-16(32)24(22)45-25)18-14(30)7-13-21(20(18)33)34-9-17-23(13)40(38-37-17)12-10-39(11-12)27(42)44-29(4,5)6/h7-9,12H,10-11H2,1-6H3,(H,35,36,41). The van der Waals surface area contributed by atoms with Crippen LogP contribution in [0.2, 0.25) is 5.02 Å². The molecule has 2 amide bonds. The van der Waals surface area contributed by atoms with E-state index in [1.54, 1.807) is 46.2 Å². The number of carbonyl (C=O) groups excluding carboxylic acids is 2. The summed E-state index contributed by atoms with van der Waals surface area (Å²) in [6, 6.07) is 1.74. The van der Waals surface area contributed by atoms with Gasteiger partial charge in [-0.25, -0.2) is 32.4 Å². The van der Waals surface area contributed by atoms with Gasteiger partial charge in [-0.05, 0) is 47.6 Å². The first-order chi connectivity index (χ1) is 21.0. The fraction of sp³-hybridized carbons (Fsp3) is 0.379. The van der Waals surface area contributed by atoms with Crippen molar-refractivity contribution in [3.05, 3.63) is 40.8 Å². The Kier molecular flexibility index (Phi) is 7.31. The summed E-state index contributed by atoms with van der Waals surface area (Å²) in [5.74, 6) is -3.04. The molecule has 0 atom stereocenters. The third kappa shape index (κ3) is 5.70. The number of hydrogen-bond donors (Lipinski definition) is 1. The third-order valence-corrected chi connectivity index (χ3v) is 8.05. The monoisotopic (exact) mass is 661 g/mol. The molecule has 1 aliphatic heterocycles. The topological polar surface area (TPSA) is 124 Å². The van der Waals surface area contributed by atoms with Crippen molar-refractivity contribution in [2.75, 3.05) is 18.4 Å². The van der Waals surface area contributed by atoms with Crippen molar-refractivity contribution in [1.82, 2.24) is 29.9 Å². The zero-order chi connectivity index (χ0) is 32.6. The molecule has 0 aliphatic carbocycles. The number of carbonyl (C=O) groups is 2. The molecule has 1 saturated heterocycles. The first-order valence-electron chi connectivity index (χ1n) is 13.8. The van der Waals surface area contributed by atoms with Gasteiger partial charge in [-0.15, -0.1) is 5.10 Å². The molecule has 4 heterocycles. The van der Waals surface area contributed by atoms with E-state index in [0.717, 1.165) is 11.3 Å². The molecule has 0 spiro atoms. The van der Waals surface area contributed by atoms with E-state index in [9.17, 15) is 14.0 Å². The van der Waals surface area contributed by atoms with Gasteiger partial charge in [0.05, 0.1) is 27.5 Å². The third-order valence-electron chi connectivity index (χ3n) is 6.77. The van der Waals surface area contributed by atoms with Crippen molar-refractivity contribution in [2.24, 2.45) is 0 Å². The Morgan fingerprint density at radius 2 is 1.69 bits per heavy atom. The van der Waals surface area contributed by atoms with Crippen molar-refractivity contribution in [1.29, 1.82) is 0 Å². The van der Waals surface area contributed by atoms with Crippen LogP contribution in [0.1, 0.15) is 47.6 Å². The lowest BCUT2D eigenvalue weighted by atomic mass is 10.00. The second-order valence-electron chi connectivity index (χ2n) is 12.5. The second-order valence-corrected chi connectivity index (χ2v) is 14.0. The van der Waals surface area contributed by atoms with Crippen LogP contribution in [0, 0.1) is 17.5 Å². The molecule has 1 aliphatic rings. The van der Waals surface area contributed by atoms with Crippen molar-refractivity contribution in [3.8, 4) is 11.1 Å². The Hall–Kier alpha value is -4.24. The Bertz CT molecular complexity index is 2030. The molecule has 16 heteroatoms. The van der Waals surface area contributed by atoms with Crippen LogP contribution in [0.4, 0.5) is 27.9 Å². The van der Waals surface area contributed by atoms with Gasteiger partial charge in [0.1, 0.15) is 39.4 Å². The number of rotatable bonds is 3. The molecule has 45 heavy (non-hydrogen) atoms. The summed E-state index contributed by atoms with van der Waals surface area (Å²) in [6.45, 7) is 10.9. The molecule has 5 aromatic rings. The first-order valence-corrected chi connectivity index (χ1v) is 15.0. The maximum Gasteiger partial charge on any atom is 0.413 e. The zero-order valence-electron chi connectivity index (χ0n) is 25.0. The average molecular weight is 662 g/mol. The molecule has 1 fully saturated rings. The first kappa shape index (κ1) is 30.8. The number of nitrogens with one attached hydrogen (secondary N) is 1. The Morgan fingerprint density at radius 3 is 2.36 bits per heavy atom. The number of pyridine rings is 1. The molecule has 3 aromatic heterocycles. The quantitative estimate of drug-likeness (QED) is 0.211. The lowest BCUT2D eigenvalue weighted by Crippen LogP contribution is -2.52. The Morgan fingerprint density at radius 1 is 1.00 bits per heavy atom. The predicted octanol–water partition coefficient (Wildman–Crippen LogP) is 7.47. The van der Waals surface area contributed by atoms with E-state index in [-0.39, 0.29) is 56.0 Å². The van der Waals surface area contributed by atoms with E-state index in [4.69, 9.17) is 21.1 Å². The summed E-state index contributed by atoms with van der Waals surface area (Å²) in [7, 11) is 0. The van der Waals surface area contributed by atoms with Gasteiger partial charge < -0.3 is 14.4 Å². The van der Waals surface area contributed by atoms with Crippen LogP contribution in [0.25, 0.3) is 43.3 Å². The minimum absolute atomic E-state index is 0.0851. The number of hydrogen-bond acceptors (Lipinski definition) is 9. The minimum Gasteiger partial charge on any atom is -0.444 e. The number of aromatic nitrogens is 5. The van der Waals surface area contributed by atoms with E-state index in [2.05, 4.69) is 25.6 Å². The van der Waals surface area contributed by atoms with Gasteiger partial charge in [0, 0.05) is 35.7 Å². The average Bonchev–Trinajstić information content (AvgIpc) is 3.47. The molecule has 236 valence electrons. The van der Waals surface area contributed by atoms with Crippen molar-refractivity contribution in [2.45, 2.75) is 58.8 Å². The summed E-state index contributed by atoms with van der Waals surface area (Å²) in [4.78, 5) is 34.7. The molecular formula is C29H27ClF3N7O4S. The SMILES string of the molecule is CC(C)(C)OC(=O)Nc1nc2c(-c3c(Cl)cc4c(ncc5nnn(C6CN(C(=O)OC(C)(C)C)C6)c54)c3F)c(F)cc(F)c2s1. The molecule has 1 N–H and O–H groups in total. The van der Waals surface area contributed by atoms with E-state index in [0.29, 0.717) is 17.1 Å². The largest absolute Gasteiger partial charge is 0.444 e. The molecule has 2 aromatic carbocycles. The van der Waals surface area contributed by atoms with E-state index in [1.807, 2.05) is 0 Å². The number of nitrogens with zero attached hydrogens (tertiary/aromatic N) is 6. The number of likely N-dealkylation sites (tertiary alicyclic amines) is 1. The summed E-state index contributed by atoms with van der Waals surface area (Å²) < 4.78 is 58.8. The van der Waals surface area contributed by atoms with Crippen LogP contribution in [0.3, 0.4) is 0 Å². The number of ether oxygens (including phenoxy) is 2. The fourth-order valence-electron chi connectivity index (χ4n) is 4.96. The van der Waals surface area contributed by atoms with Gasteiger partial charge in [0.15, 0.2) is 10.9 Å². The van der Waals surface area contributed by atoms with Crippen LogP contribution in [0.15, 0.2) is 18.3 Å². The van der Waals surface area contributed by atoms with Crippen molar-refractivity contribution >= 4 is 72.4 Å². The summed E-state index contributed by atoms with van der Waals surface area (Å²) in [6.07, 6.45) is 0.0136. The highest BCUT2D eigenvalue weighted by Gasteiger charge is 2.37. The zero-order valence-corrected chi connectivity index (χ0v) is 26.5. The van der Waals surface area contributed by atoms with Crippen LogP contribution in [-0.4, -0.2) is 66.3 Å². The van der Waals surface area contributed by atoms with Gasteiger partial charge in [-0.2, -0.15) is 0 Å². The Balaban J connectivity index is 1.42. The van der Waals surface area contributed by atoms with Crippen molar-refractivity contribution < 1.29 is 32.2 Å². The highest BCUT2D eigenvalue weighted by Crippen LogP contribution is 2.44.